The van der Waals surface area contributed by atoms with Gasteiger partial charge in [-0.3, -0.25) is 24.0 Å². The molecule has 50 heavy (non-hydrogen) atoms. The van der Waals surface area contributed by atoms with Crippen LogP contribution in [0.25, 0.3) is 10.9 Å². The summed E-state index contributed by atoms with van der Waals surface area (Å²) in [6.07, 6.45) is 1.96. The summed E-state index contributed by atoms with van der Waals surface area (Å²) in [5.74, 6) is -3.13. The largest absolute Gasteiger partial charge is 0.361 e. The van der Waals surface area contributed by atoms with E-state index >= 15 is 0 Å². The van der Waals surface area contributed by atoms with Gasteiger partial charge < -0.3 is 31.6 Å². The van der Waals surface area contributed by atoms with Gasteiger partial charge in [-0.2, -0.15) is 0 Å². The monoisotopic (exact) mass is 676 g/mol. The molecule has 2 aromatic heterocycles. The van der Waals surface area contributed by atoms with Crippen LogP contribution in [0.5, 0.6) is 0 Å². The molecule has 3 heterocycles. The number of carbonyl (C=O) groups excluding carboxylic acids is 5. The molecular weight excluding hydrogens is 640 g/mol. The summed E-state index contributed by atoms with van der Waals surface area (Å²) in [5.41, 5.74) is 3.22. The average molecular weight is 677 g/mol. The highest BCUT2D eigenvalue weighted by Gasteiger charge is 2.33. The molecule has 0 bridgehead atoms. The molecule has 4 atom stereocenters. The van der Waals surface area contributed by atoms with Crippen LogP contribution in [-0.4, -0.2) is 79.0 Å². The van der Waals surface area contributed by atoms with Gasteiger partial charge in [0.15, 0.2) is 0 Å². The lowest BCUT2D eigenvalue weighted by Crippen LogP contribution is -2.59. The third-order valence-electron chi connectivity index (χ3n) is 8.32. The maximum Gasteiger partial charge on any atom is 0.244 e. The van der Waals surface area contributed by atoms with Crippen molar-refractivity contribution in [1.29, 1.82) is 0 Å². The third kappa shape index (κ3) is 8.74. The van der Waals surface area contributed by atoms with Gasteiger partial charge in [0.2, 0.25) is 29.5 Å². The first-order valence-electron chi connectivity index (χ1n) is 16.1. The Bertz CT molecular complexity index is 1950. The van der Waals surface area contributed by atoms with Gasteiger partial charge in [0.05, 0.1) is 6.42 Å². The number of aromatic nitrogens is 5. The van der Waals surface area contributed by atoms with E-state index in [1.54, 1.807) is 6.20 Å². The second-order valence-electron chi connectivity index (χ2n) is 12.0. The van der Waals surface area contributed by atoms with Crippen molar-refractivity contribution in [1.82, 2.24) is 51.8 Å². The molecule has 0 aliphatic carbocycles. The Kier molecular flexibility index (Phi) is 10.5. The number of nitrogens with zero attached hydrogens (tertiary/aromatic N) is 4. The Labute approximate surface area is 286 Å². The van der Waals surface area contributed by atoms with Crippen LogP contribution in [-0.2, 0) is 49.8 Å². The van der Waals surface area contributed by atoms with E-state index in [2.05, 4.69) is 47.1 Å². The number of fused-ring (bicyclic) bond motifs is 1. The van der Waals surface area contributed by atoms with Crippen molar-refractivity contribution in [2.75, 3.05) is 0 Å². The van der Waals surface area contributed by atoms with E-state index in [0.29, 0.717) is 0 Å². The highest BCUT2D eigenvalue weighted by molar-refractivity contribution is 5.96. The Hall–Kier alpha value is -6.38. The molecule has 1 fully saturated rings. The predicted octanol–water partition coefficient (Wildman–Crippen LogP) is 0.299. The molecular formula is C35H36N10O5. The van der Waals surface area contributed by atoms with Gasteiger partial charge in [0.25, 0.3) is 0 Å². The van der Waals surface area contributed by atoms with Crippen LogP contribution in [0.15, 0.2) is 97.5 Å². The van der Waals surface area contributed by atoms with E-state index < -0.39 is 60.2 Å². The first-order chi connectivity index (χ1) is 24.3. The smallest absolute Gasteiger partial charge is 0.244 e. The minimum absolute atomic E-state index is 0.0837. The molecule has 0 saturated carbocycles. The fourth-order valence-electron chi connectivity index (χ4n) is 5.88. The van der Waals surface area contributed by atoms with Crippen LogP contribution >= 0.6 is 0 Å². The topological polar surface area (TPSA) is 205 Å². The number of H-pyrrole nitrogens is 1. The second-order valence-corrected chi connectivity index (χ2v) is 12.0. The van der Waals surface area contributed by atoms with E-state index in [4.69, 9.17) is 0 Å². The number of benzene rings is 3. The van der Waals surface area contributed by atoms with Crippen molar-refractivity contribution in [2.45, 2.75) is 56.5 Å². The van der Waals surface area contributed by atoms with E-state index in [1.165, 1.54) is 11.0 Å². The van der Waals surface area contributed by atoms with Gasteiger partial charge in [0, 0.05) is 36.4 Å². The average Bonchev–Trinajstić information content (AvgIpc) is 3.78. The molecule has 15 heteroatoms. The van der Waals surface area contributed by atoms with E-state index in [9.17, 15) is 24.0 Å². The molecule has 1 saturated heterocycles. The highest BCUT2D eigenvalue weighted by atomic mass is 16.2. The number of tetrazole rings is 1. The van der Waals surface area contributed by atoms with Gasteiger partial charge in [-0.15, -0.1) is 5.10 Å². The quantitative estimate of drug-likeness (QED) is 0.128. The molecule has 1 aliphatic heterocycles. The Balaban J connectivity index is 1.33. The van der Waals surface area contributed by atoms with Crippen LogP contribution in [0.4, 0.5) is 0 Å². The molecule has 15 nitrogen and oxygen atoms in total. The highest BCUT2D eigenvalue weighted by Crippen LogP contribution is 2.20. The molecule has 1 aliphatic rings. The number of aromatic amines is 1. The molecule has 256 valence electrons. The van der Waals surface area contributed by atoms with Crippen LogP contribution < -0.4 is 26.6 Å². The molecule has 0 radical (unpaired) electrons. The summed E-state index contributed by atoms with van der Waals surface area (Å²) in [5, 5.41) is 25.5. The van der Waals surface area contributed by atoms with Crippen molar-refractivity contribution in [3.8, 4) is 0 Å². The molecule has 3 aromatic carbocycles. The van der Waals surface area contributed by atoms with Crippen LogP contribution in [0.3, 0.4) is 0 Å². The van der Waals surface area contributed by atoms with Crippen LogP contribution in [0, 0.1) is 0 Å². The summed E-state index contributed by atoms with van der Waals surface area (Å²) in [6, 6.07) is 22.4. The zero-order valence-corrected chi connectivity index (χ0v) is 26.9. The maximum atomic E-state index is 14.1. The Morgan fingerprint density at radius 2 is 1.38 bits per heavy atom. The number of nitrogens with one attached hydrogen (secondary N) is 6. The maximum absolute atomic E-state index is 14.1. The summed E-state index contributed by atoms with van der Waals surface area (Å²) < 4.78 is 1.17. The fourth-order valence-corrected chi connectivity index (χ4v) is 5.88. The predicted molar refractivity (Wildman–Crippen MR) is 181 cm³/mol. The number of hydrogen-bond donors (Lipinski definition) is 6. The van der Waals surface area contributed by atoms with Crippen LogP contribution in [0.2, 0.25) is 0 Å². The zero-order valence-electron chi connectivity index (χ0n) is 26.9. The molecule has 0 unspecified atom stereocenters. The minimum Gasteiger partial charge on any atom is -0.361 e. The van der Waals surface area contributed by atoms with Gasteiger partial charge in [0.1, 0.15) is 37.2 Å². The number of amides is 5. The summed E-state index contributed by atoms with van der Waals surface area (Å²) in [7, 11) is 0. The molecule has 6 rings (SSSR count). The van der Waals surface area contributed by atoms with Gasteiger partial charge >= 0.3 is 0 Å². The lowest BCUT2D eigenvalue weighted by Gasteiger charge is -2.26. The lowest BCUT2D eigenvalue weighted by atomic mass is 10.0. The van der Waals surface area contributed by atoms with Crippen molar-refractivity contribution < 1.29 is 24.0 Å². The number of rotatable bonds is 9. The molecule has 5 amide bonds. The Morgan fingerprint density at radius 3 is 2.10 bits per heavy atom. The standard InChI is InChI=1S/C35H36N10O5/c46-31-18-29(39-32(47)20-45-21-37-43-44-45)35(50)42-30(16-23-11-5-2-6-12-23)41-34(49)27(15-22-9-3-1-4-10-22)40-33(48)28(38-31)17-24-19-36-26-14-8-7-13-25(24)26/h1-14,19,21,27-30,36H,15-18,20H2,(H,38,46)(H,39,47)(H,40,48)(H,41,49)(H,42,50)/t27-,28-,29-,30-/m0/s1. The summed E-state index contributed by atoms with van der Waals surface area (Å²) >= 11 is 0. The number of carbonyl (C=O) groups is 5. The first kappa shape index (κ1) is 33.5. The van der Waals surface area contributed by atoms with E-state index in [-0.39, 0.29) is 25.8 Å². The first-order valence-corrected chi connectivity index (χ1v) is 16.1. The number of para-hydroxylation sites is 1. The molecule has 5 aromatic rings. The van der Waals surface area contributed by atoms with Gasteiger partial charge in [-0.05, 0) is 33.2 Å². The summed E-state index contributed by atoms with van der Waals surface area (Å²) in [6.45, 7) is -0.310. The van der Waals surface area contributed by atoms with Crippen molar-refractivity contribution >= 4 is 40.4 Å². The van der Waals surface area contributed by atoms with Gasteiger partial charge in [-0.25, -0.2) is 4.68 Å². The summed E-state index contributed by atoms with van der Waals surface area (Å²) in [4.78, 5) is 71.7. The molecule has 6 N–H and O–H groups in total. The van der Waals surface area contributed by atoms with Crippen molar-refractivity contribution in [3.05, 3.63) is 114 Å². The zero-order chi connectivity index (χ0) is 34.9. The van der Waals surface area contributed by atoms with Gasteiger partial charge in [-0.1, -0.05) is 78.9 Å². The Morgan fingerprint density at radius 1 is 0.740 bits per heavy atom. The minimum atomic E-state index is -1.37. The number of hydrogen-bond acceptors (Lipinski definition) is 8. The normalized spacial score (nSPS) is 20.3. The van der Waals surface area contributed by atoms with Crippen LogP contribution in [0.1, 0.15) is 23.1 Å². The lowest BCUT2D eigenvalue weighted by molar-refractivity contribution is -0.133. The fraction of sp³-hybridized carbons (Fsp3) is 0.257. The SMILES string of the molecule is O=C(Cn1cnnn1)N[C@H]1CC(=O)N[C@@H](Cc2c[nH]c3ccccc23)C(=O)N[C@@H](Cc2ccccc2)C(=O)N[C@H](Cc2ccccc2)NC1=O. The third-order valence-corrected chi connectivity index (χ3v) is 8.32. The van der Waals surface area contributed by atoms with Crippen molar-refractivity contribution in [3.63, 3.8) is 0 Å². The van der Waals surface area contributed by atoms with E-state index in [1.807, 2.05) is 84.9 Å². The van der Waals surface area contributed by atoms with E-state index in [0.717, 1.165) is 27.6 Å². The molecule has 0 spiro atoms. The second kappa shape index (κ2) is 15.7. The van der Waals surface area contributed by atoms with Crippen molar-refractivity contribution in [2.24, 2.45) is 0 Å².